The number of Topliss-reactive ketones (excluding diaryl/α,β-unsaturated/α-hetero) is 1. The molecule has 2 N–H and O–H groups in total. The molecule has 0 aromatic rings. The summed E-state index contributed by atoms with van der Waals surface area (Å²) in [6, 6.07) is 0.947. The normalized spacial score (nSPS) is 13.6. The molecule has 0 amide bonds. The second-order valence-corrected chi connectivity index (χ2v) is 6.04. The van der Waals surface area contributed by atoms with Gasteiger partial charge in [-0.15, -0.1) is 0 Å². The van der Waals surface area contributed by atoms with Crippen molar-refractivity contribution in [1.29, 1.82) is 0 Å². The van der Waals surface area contributed by atoms with E-state index in [2.05, 4.69) is 38.3 Å². The number of nitrogens with one attached hydrogen (secondary N) is 2. The van der Waals surface area contributed by atoms with E-state index in [0.29, 0.717) is 17.9 Å². The van der Waals surface area contributed by atoms with Crippen LogP contribution in [0.25, 0.3) is 0 Å². The minimum absolute atomic E-state index is 0.0315. The fourth-order valence-electron chi connectivity index (χ4n) is 1.98. The largest absolute Gasteiger partial charge is 0.315 e. The summed E-state index contributed by atoms with van der Waals surface area (Å²) >= 11 is 0. The fourth-order valence-corrected chi connectivity index (χ4v) is 1.98. The van der Waals surface area contributed by atoms with Gasteiger partial charge in [0, 0.05) is 18.0 Å². The van der Waals surface area contributed by atoms with Gasteiger partial charge in [0.2, 0.25) is 0 Å². The smallest absolute Gasteiger partial charge is 0.152 e. The van der Waals surface area contributed by atoms with E-state index in [1.54, 1.807) is 0 Å². The van der Waals surface area contributed by atoms with Crippen LogP contribution in [0.5, 0.6) is 0 Å². The topological polar surface area (TPSA) is 41.1 Å². The van der Waals surface area contributed by atoms with Gasteiger partial charge in [0.1, 0.15) is 0 Å². The highest BCUT2D eigenvalue weighted by atomic mass is 16.1. The highest BCUT2D eigenvalue weighted by Crippen LogP contribution is 2.08. The average molecular weight is 256 g/mol. The SMILES string of the molecule is CC(C)NCCCCC(NC(C)C)C(=O)C(C)C. The molecule has 3 nitrogen and oxygen atoms in total. The second kappa shape index (κ2) is 9.51. The Morgan fingerprint density at radius 1 is 0.944 bits per heavy atom. The Morgan fingerprint density at radius 2 is 1.56 bits per heavy atom. The van der Waals surface area contributed by atoms with Crippen LogP contribution in [0.3, 0.4) is 0 Å². The number of ketones is 1. The molecule has 0 saturated heterocycles. The second-order valence-electron chi connectivity index (χ2n) is 6.04. The molecule has 0 bridgehead atoms. The maximum atomic E-state index is 12.1. The van der Waals surface area contributed by atoms with Crippen molar-refractivity contribution in [2.75, 3.05) is 6.54 Å². The van der Waals surface area contributed by atoms with E-state index in [1.165, 1.54) is 0 Å². The van der Waals surface area contributed by atoms with Gasteiger partial charge in [-0.05, 0) is 19.4 Å². The van der Waals surface area contributed by atoms with Gasteiger partial charge >= 0.3 is 0 Å². The van der Waals surface area contributed by atoms with Gasteiger partial charge < -0.3 is 10.6 Å². The maximum absolute atomic E-state index is 12.1. The summed E-state index contributed by atoms with van der Waals surface area (Å²) < 4.78 is 0. The zero-order chi connectivity index (χ0) is 14.1. The van der Waals surface area contributed by atoms with Crippen molar-refractivity contribution in [2.45, 2.75) is 78.9 Å². The minimum Gasteiger partial charge on any atom is -0.315 e. The lowest BCUT2D eigenvalue weighted by Gasteiger charge is -2.22. The third kappa shape index (κ3) is 8.65. The first-order chi connectivity index (χ1) is 8.34. The van der Waals surface area contributed by atoms with Crippen LogP contribution >= 0.6 is 0 Å². The summed E-state index contributed by atoms with van der Waals surface area (Å²) in [5, 5.41) is 6.80. The van der Waals surface area contributed by atoms with Gasteiger partial charge in [-0.3, -0.25) is 4.79 Å². The molecule has 108 valence electrons. The van der Waals surface area contributed by atoms with E-state index in [4.69, 9.17) is 0 Å². The van der Waals surface area contributed by atoms with Crippen LogP contribution in [0.2, 0.25) is 0 Å². The summed E-state index contributed by atoms with van der Waals surface area (Å²) in [7, 11) is 0. The monoisotopic (exact) mass is 256 g/mol. The van der Waals surface area contributed by atoms with Gasteiger partial charge in [-0.2, -0.15) is 0 Å². The van der Waals surface area contributed by atoms with Crippen molar-refractivity contribution in [3.8, 4) is 0 Å². The van der Waals surface area contributed by atoms with Crippen molar-refractivity contribution in [3.05, 3.63) is 0 Å². The van der Waals surface area contributed by atoms with Crippen LogP contribution in [-0.2, 0) is 4.79 Å². The first-order valence-electron chi connectivity index (χ1n) is 7.37. The molecule has 0 heterocycles. The summed E-state index contributed by atoms with van der Waals surface area (Å²) in [6.07, 6.45) is 3.19. The van der Waals surface area contributed by atoms with Gasteiger partial charge in [-0.25, -0.2) is 0 Å². The molecular formula is C15H32N2O. The van der Waals surface area contributed by atoms with Crippen LogP contribution in [0.15, 0.2) is 0 Å². The Hall–Kier alpha value is -0.410. The van der Waals surface area contributed by atoms with Crippen LogP contribution in [-0.4, -0.2) is 30.5 Å². The lowest BCUT2D eigenvalue weighted by molar-refractivity contribution is -0.124. The van der Waals surface area contributed by atoms with E-state index in [9.17, 15) is 4.79 Å². The van der Waals surface area contributed by atoms with Crippen molar-refractivity contribution >= 4 is 5.78 Å². The number of carbonyl (C=O) groups excluding carboxylic acids is 1. The highest BCUT2D eigenvalue weighted by molar-refractivity contribution is 5.85. The highest BCUT2D eigenvalue weighted by Gasteiger charge is 2.20. The third-order valence-electron chi connectivity index (χ3n) is 2.92. The number of rotatable bonds is 10. The molecular weight excluding hydrogens is 224 g/mol. The van der Waals surface area contributed by atoms with Crippen molar-refractivity contribution in [2.24, 2.45) is 5.92 Å². The summed E-state index contributed by atoms with van der Waals surface area (Å²) in [6.45, 7) is 13.5. The number of carbonyl (C=O) groups is 1. The standard InChI is InChI=1S/C15H32N2O/c1-11(2)15(18)14(17-13(5)6)9-7-8-10-16-12(3)4/h11-14,16-17H,7-10H2,1-6H3. The number of hydrogen-bond acceptors (Lipinski definition) is 3. The molecule has 0 radical (unpaired) electrons. The van der Waals surface area contributed by atoms with E-state index in [0.717, 1.165) is 25.8 Å². The molecule has 0 spiro atoms. The van der Waals surface area contributed by atoms with Gasteiger partial charge in [0.15, 0.2) is 5.78 Å². The summed E-state index contributed by atoms with van der Waals surface area (Å²) in [5.74, 6) is 0.468. The van der Waals surface area contributed by atoms with E-state index in [1.807, 2.05) is 13.8 Å². The van der Waals surface area contributed by atoms with Crippen LogP contribution in [0.1, 0.15) is 60.8 Å². The molecule has 0 rings (SSSR count). The molecule has 1 unspecified atom stereocenters. The molecule has 0 aliphatic carbocycles. The Kier molecular flexibility index (Phi) is 9.29. The van der Waals surface area contributed by atoms with Crippen molar-refractivity contribution < 1.29 is 4.79 Å². The average Bonchev–Trinajstić information content (AvgIpc) is 2.24. The molecule has 1 atom stereocenters. The summed E-state index contributed by atoms with van der Waals surface area (Å²) in [5.41, 5.74) is 0. The summed E-state index contributed by atoms with van der Waals surface area (Å²) in [4.78, 5) is 12.1. The molecule has 0 aliphatic heterocycles. The van der Waals surface area contributed by atoms with Crippen LogP contribution < -0.4 is 10.6 Å². The zero-order valence-electron chi connectivity index (χ0n) is 13.0. The predicted molar refractivity (Wildman–Crippen MR) is 78.9 cm³/mol. The van der Waals surface area contributed by atoms with Gasteiger partial charge in [0.25, 0.3) is 0 Å². The quantitative estimate of drug-likeness (QED) is 0.591. The fraction of sp³-hybridized carbons (Fsp3) is 0.933. The lowest BCUT2D eigenvalue weighted by atomic mass is 9.96. The van der Waals surface area contributed by atoms with Crippen LogP contribution in [0.4, 0.5) is 0 Å². The molecule has 3 heteroatoms. The van der Waals surface area contributed by atoms with Crippen molar-refractivity contribution in [3.63, 3.8) is 0 Å². The van der Waals surface area contributed by atoms with Crippen molar-refractivity contribution in [1.82, 2.24) is 10.6 Å². The molecule has 0 aliphatic rings. The predicted octanol–water partition coefficient (Wildman–Crippen LogP) is 2.75. The molecule has 0 aromatic heterocycles. The Balaban J connectivity index is 3.98. The van der Waals surface area contributed by atoms with Gasteiger partial charge in [0.05, 0.1) is 6.04 Å². The van der Waals surface area contributed by atoms with E-state index in [-0.39, 0.29) is 12.0 Å². The Labute approximate surface area is 113 Å². The maximum Gasteiger partial charge on any atom is 0.152 e. The van der Waals surface area contributed by atoms with Crippen LogP contribution in [0, 0.1) is 5.92 Å². The molecule has 0 aromatic carbocycles. The lowest BCUT2D eigenvalue weighted by Crippen LogP contribution is -2.42. The number of hydrogen-bond donors (Lipinski definition) is 2. The molecule has 18 heavy (non-hydrogen) atoms. The van der Waals surface area contributed by atoms with E-state index >= 15 is 0 Å². The Morgan fingerprint density at radius 3 is 2.00 bits per heavy atom. The zero-order valence-corrected chi connectivity index (χ0v) is 13.0. The first kappa shape index (κ1) is 17.6. The molecule has 0 fully saturated rings. The molecule has 0 saturated carbocycles. The third-order valence-corrected chi connectivity index (χ3v) is 2.92. The Bertz CT molecular complexity index is 225. The first-order valence-corrected chi connectivity index (χ1v) is 7.37. The minimum atomic E-state index is 0.0315. The van der Waals surface area contributed by atoms with Gasteiger partial charge in [-0.1, -0.05) is 48.0 Å². The number of unbranched alkanes of at least 4 members (excludes halogenated alkanes) is 1. The van der Waals surface area contributed by atoms with E-state index < -0.39 is 0 Å².